The number of rotatable bonds is 8. The average molecular weight is 464 g/mol. The predicted molar refractivity (Wildman–Crippen MR) is 114 cm³/mol. The number of carbonyl (C=O) groups excluding carboxylic acids is 1. The van der Waals surface area contributed by atoms with Crippen LogP contribution in [0.5, 0.6) is 17.4 Å². The van der Waals surface area contributed by atoms with E-state index in [9.17, 15) is 14.9 Å². The fraction of sp³-hybridized carbons (Fsp3) is 0.105. The van der Waals surface area contributed by atoms with Crippen molar-refractivity contribution in [3.63, 3.8) is 0 Å². The molecule has 0 spiro atoms. The van der Waals surface area contributed by atoms with Gasteiger partial charge in [0.15, 0.2) is 6.61 Å². The van der Waals surface area contributed by atoms with E-state index in [4.69, 9.17) is 32.7 Å². The summed E-state index contributed by atoms with van der Waals surface area (Å²) in [6.07, 6.45) is 1.06. The first-order valence-corrected chi connectivity index (χ1v) is 9.45. The van der Waals surface area contributed by atoms with Crippen molar-refractivity contribution in [2.24, 2.45) is 0 Å². The van der Waals surface area contributed by atoms with Gasteiger partial charge in [0.25, 0.3) is 5.91 Å². The second-order valence-corrected chi connectivity index (χ2v) is 6.93. The Morgan fingerprint density at radius 2 is 1.90 bits per heavy atom. The zero-order chi connectivity index (χ0) is 22.4. The molecule has 1 heterocycles. The third-order valence-corrected chi connectivity index (χ3v) is 4.31. The molecule has 0 fully saturated rings. The molecule has 31 heavy (non-hydrogen) atoms. The molecule has 10 nitrogen and oxygen atoms in total. The van der Waals surface area contributed by atoms with Gasteiger partial charge in [0.05, 0.1) is 9.95 Å². The SMILES string of the molecule is Cc1ccc(Oc2ncnc(NNC(=O)COc3ccc(Cl)cc3Cl)c2[N+](=O)[O-])cc1. The van der Waals surface area contributed by atoms with Gasteiger partial charge in [0.2, 0.25) is 5.82 Å². The summed E-state index contributed by atoms with van der Waals surface area (Å²) in [5, 5.41) is 12.2. The number of halogens is 2. The molecule has 0 saturated carbocycles. The lowest BCUT2D eigenvalue weighted by molar-refractivity contribution is -0.385. The second-order valence-electron chi connectivity index (χ2n) is 6.08. The van der Waals surface area contributed by atoms with Crippen molar-refractivity contribution < 1.29 is 19.2 Å². The number of nitro groups is 1. The Kier molecular flexibility index (Phi) is 7.06. The van der Waals surface area contributed by atoms with E-state index in [0.717, 1.165) is 11.9 Å². The van der Waals surface area contributed by atoms with Crippen LogP contribution >= 0.6 is 23.2 Å². The Morgan fingerprint density at radius 1 is 1.16 bits per heavy atom. The van der Waals surface area contributed by atoms with E-state index in [2.05, 4.69) is 20.8 Å². The fourth-order valence-corrected chi connectivity index (χ4v) is 2.77. The molecule has 1 aromatic heterocycles. The fourth-order valence-electron chi connectivity index (χ4n) is 2.31. The van der Waals surface area contributed by atoms with Gasteiger partial charge < -0.3 is 9.47 Å². The minimum absolute atomic E-state index is 0.234. The third-order valence-electron chi connectivity index (χ3n) is 3.78. The van der Waals surface area contributed by atoms with Crippen LogP contribution in [0, 0.1) is 17.0 Å². The molecule has 2 N–H and O–H groups in total. The van der Waals surface area contributed by atoms with Gasteiger partial charge in [-0.15, -0.1) is 0 Å². The van der Waals surface area contributed by atoms with Crippen LogP contribution in [0.2, 0.25) is 10.0 Å². The minimum Gasteiger partial charge on any atom is -0.482 e. The molecule has 0 aliphatic carbocycles. The van der Waals surface area contributed by atoms with E-state index in [1.165, 1.54) is 12.1 Å². The Morgan fingerprint density at radius 3 is 2.58 bits per heavy atom. The lowest BCUT2D eigenvalue weighted by Gasteiger charge is -2.11. The maximum atomic E-state index is 12.0. The van der Waals surface area contributed by atoms with Gasteiger partial charge in [-0.2, -0.15) is 4.98 Å². The molecule has 0 aliphatic heterocycles. The summed E-state index contributed by atoms with van der Waals surface area (Å²) in [7, 11) is 0. The first-order valence-electron chi connectivity index (χ1n) is 8.70. The van der Waals surface area contributed by atoms with Crippen molar-refractivity contribution in [3.8, 4) is 17.4 Å². The standard InChI is InChI=1S/C19H15Cl2N5O5/c1-11-2-5-13(6-3-11)31-19-17(26(28)29)18(22-10-23-19)25-24-16(27)9-30-15-7-4-12(20)8-14(15)21/h2-8,10H,9H2,1H3,(H,24,27)(H,22,23,25). The number of benzene rings is 2. The maximum Gasteiger partial charge on any atom is 0.374 e. The van der Waals surface area contributed by atoms with Crippen molar-refractivity contribution in [2.75, 3.05) is 12.0 Å². The van der Waals surface area contributed by atoms with E-state index >= 15 is 0 Å². The van der Waals surface area contributed by atoms with Crippen molar-refractivity contribution in [1.29, 1.82) is 0 Å². The normalized spacial score (nSPS) is 10.3. The molecule has 12 heteroatoms. The highest BCUT2D eigenvalue weighted by Crippen LogP contribution is 2.33. The summed E-state index contributed by atoms with van der Waals surface area (Å²) in [6.45, 7) is 1.48. The lowest BCUT2D eigenvalue weighted by Crippen LogP contribution is -2.34. The van der Waals surface area contributed by atoms with Crippen molar-refractivity contribution in [2.45, 2.75) is 6.92 Å². The highest BCUT2D eigenvalue weighted by molar-refractivity contribution is 6.35. The molecule has 3 rings (SSSR count). The number of hydrazine groups is 1. The number of anilines is 1. The van der Waals surface area contributed by atoms with Crippen molar-refractivity contribution in [1.82, 2.24) is 15.4 Å². The zero-order valence-corrected chi connectivity index (χ0v) is 17.5. The molecule has 160 valence electrons. The maximum absolute atomic E-state index is 12.0. The average Bonchev–Trinajstić information content (AvgIpc) is 2.73. The van der Waals surface area contributed by atoms with Crippen LogP contribution in [0.4, 0.5) is 11.5 Å². The summed E-state index contributed by atoms with van der Waals surface area (Å²) >= 11 is 11.8. The molecule has 0 bridgehead atoms. The van der Waals surface area contributed by atoms with Gasteiger partial charge in [0, 0.05) is 5.02 Å². The van der Waals surface area contributed by atoms with Gasteiger partial charge in [-0.1, -0.05) is 40.9 Å². The quantitative estimate of drug-likeness (QED) is 0.373. The highest BCUT2D eigenvalue weighted by atomic mass is 35.5. The van der Waals surface area contributed by atoms with E-state index in [1.807, 2.05) is 6.92 Å². The van der Waals surface area contributed by atoms with Crippen LogP contribution in [-0.2, 0) is 4.79 Å². The summed E-state index contributed by atoms with van der Waals surface area (Å²) in [5.41, 5.74) is 5.09. The lowest BCUT2D eigenvalue weighted by atomic mass is 10.2. The summed E-state index contributed by atoms with van der Waals surface area (Å²) in [4.78, 5) is 30.5. The smallest absolute Gasteiger partial charge is 0.374 e. The van der Waals surface area contributed by atoms with E-state index < -0.39 is 23.1 Å². The molecule has 2 aromatic carbocycles. The number of hydrogen-bond acceptors (Lipinski definition) is 8. The summed E-state index contributed by atoms with van der Waals surface area (Å²) in [5.74, 6) is -0.580. The Bertz CT molecular complexity index is 1110. The van der Waals surface area contributed by atoms with E-state index in [-0.39, 0.29) is 22.5 Å². The number of ether oxygens (including phenoxy) is 2. The van der Waals surface area contributed by atoms with Crippen LogP contribution in [-0.4, -0.2) is 27.4 Å². The third kappa shape index (κ3) is 5.93. The van der Waals surface area contributed by atoms with Crippen LogP contribution in [0.25, 0.3) is 0 Å². The topological polar surface area (TPSA) is 129 Å². The predicted octanol–water partition coefficient (Wildman–Crippen LogP) is 4.31. The molecule has 0 aliphatic rings. The van der Waals surface area contributed by atoms with Gasteiger partial charge in [0.1, 0.15) is 17.8 Å². The highest BCUT2D eigenvalue weighted by Gasteiger charge is 2.25. The van der Waals surface area contributed by atoms with Crippen LogP contribution in [0.3, 0.4) is 0 Å². The number of hydrogen-bond donors (Lipinski definition) is 2. The number of nitrogens with zero attached hydrogens (tertiary/aromatic N) is 3. The molecule has 0 atom stereocenters. The molecule has 1 amide bonds. The number of aromatic nitrogens is 2. The molecule has 0 saturated heterocycles. The van der Waals surface area contributed by atoms with Crippen LogP contribution in [0.15, 0.2) is 48.8 Å². The van der Waals surface area contributed by atoms with Crippen LogP contribution < -0.4 is 20.3 Å². The second kappa shape index (κ2) is 9.92. The molecule has 3 aromatic rings. The number of aryl methyl sites for hydroxylation is 1. The van der Waals surface area contributed by atoms with Gasteiger partial charge in [-0.05, 0) is 37.3 Å². The van der Waals surface area contributed by atoms with E-state index in [1.54, 1.807) is 30.3 Å². The Hall–Kier alpha value is -3.63. The zero-order valence-electron chi connectivity index (χ0n) is 16.0. The van der Waals surface area contributed by atoms with Gasteiger partial charge >= 0.3 is 11.6 Å². The molecule has 0 unspecified atom stereocenters. The molecule has 0 radical (unpaired) electrons. The van der Waals surface area contributed by atoms with Crippen LogP contribution in [0.1, 0.15) is 5.56 Å². The Labute approximate surface area is 186 Å². The largest absolute Gasteiger partial charge is 0.482 e. The summed E-state index contributed by atoms with van der Waals surface area (Å²) < 4.78 is 10.8. The van der Waals surface area contributed by atoms with E-state index in [0.29, 0.717) is 10.8 Å². The first-order chi connectivity index (χ1) is 14.8. The Balaban J connectivity index is 1.67. The van der Waals surface area contributed by atoms with Crippen molar-refractivity contribution in [3.05, 3.63) is 74.5 Å². The van der Waals surface area contributed by atoms with Gasteiger partial charge in [-0.25, -0.2) is 4.98 Å². The monoisotopic (exact) mass is 463 g/mol. The molecular weight excluding hydrogens is 449 g/mol. The minimum atomic E-state index is -0.720. The number of carbonyl (C=O) groups is 1. The number of amides is 1. The number of nitrogens with one attached hydrogen (secondary N) is 2. The molecular formula is C19H15Cl2N5O5. The first kappa shape index (κ1) is 22.1. The van der Waals surface area contributed by atoms with Gasteiger partial charge in [-0.3, -0.25) is 25.8 Å². The summed E-state index contributed by atoms with van der Waals surface area (Å²) in [6, 6.07) is 11.4. The van der Waals surface area contributed by atoms with Crippen molar-refractivity contribution >= 4 is 40.6 Å².